The second-order valence-corrected chi connectivity index (χ2v) is 6.11. The van der Waals surface area contributed by atoms with E-state index in [4.69, 9.17) is 4.74 Å². The van der Waals surface area contributed by atoms with Crippen LogP contribution in [0.5, 0.6) is 0 Å². The van der Waals surface area contributed by atoms with Crippen molar-refractivity contribution in [1.29, 1.82) is 0 Å². The number of aromatic amines is 1. The summed E-state index contributed by atoms with van der Waals surface area (Å²) >= 11 is 0. The van der Waals surface area contributed by atoms with Gasteiger partial charge in [0.15, 0.2) is 12.3 Å². The molecule has 2 amide bonds. The van der Waals surface area contributed by atoms with Gasteiger partial charge >= 0.3 is 5.97 Å². The van der Waals surface area contributed by atoms with Crippen LogP contribution in [0.4, 0.5) is 0 Å². The van der Waals surface area contributed by atoms with E-state index in [1.54, 1.807) is 24.3 Å². The van der Waals surface area contributed by atoms with Gasteiger partial charge in [0.25, 0.3) is 11.5 Å². The molecule has 136 valence electrons. The SMILES string of the molecule is CN(CC(=O)NC1CC1)C(=O)COC(=O)c1n[nH]c(=O)c2ccccc12. The van der Waals surface area contributed by atoms with Gasteiger partial charge in [0.1, 0.15) is 0 Å². The van der Waals surface area contributed by atoms with Crippen molar-refractivity contribution in [3.05, 3.63) is 40.3 Å². The van der Waals surface area contributed by atoms with Gasteiger partial charge < -0.3 is 15.0 Å². The minimum Gasteiger partial charge on any atom is -0.451 e. The quantitative estimate of drug-likeness (QED) is 0.691. The number of hydrogen-bond acceptors (Lipinski definition) is 6. The number of H-pyrrole nitrogens is 1. The molecular formula is C17H18N4O5. The van der Waals surface area contributed by atoms with Gasteiger partial charge in [0, 0.05) is 18.5 Å². The van der Waals surface area contributed by atoms with E-state index < -0.39 is 24.0 Å². The highest BCUT2D eigenvalue weighted by Gasteiger charge is 2.24. The Labute approximate surface area is 148 Å². The van der Waals surface area contributed by atoms with E-state index in [9.17, 15) is 19.2 Å². The molecule has 0 spiro atoms. The fourth-order valence-corrected chi connectivity index (χ4v) is 2.38. The summed E-state index contributed by atoms with van der Waals surface area (Å²) in [7, 11) is 1.45. The molecule has 2 aromatic rings. The minimum atomic E-state index is -0.832. The smallest absolute Gasteiger partial charge is 0.359 e. The van der Waals surface area contributed by atoms with E-state index in [-0.39, 0.29) is 24.2 Å². The molecule has 26 heavy (non-hydrogen) atoms. The average Bonchev–Trinajstić information content (AvgIpc) is 3.43. The first kappa shape index (κ1) is 17.6. The number of aromatic nitrogens is 2. The first-order valence-corrected chi connectivity index (χ1v) is 8.13. The lowest BCUT2D eigenvalue weighted by molar-refractivity contribution is -0.137. The van der Waals surface area contributed by atoms with Crippen molar-refractivity contribution >= 4 is 28.6 Å². The summed E-state index contributed by atoms with van der Waals surface area (Å²) < 4.78 is 4.99. The van der Waals surface area contributed by atoms with Crippen molar-refractivity contribution in [2.24, 2.45) is 0 Å². The molecule has 1 fully saturated rings. The van der Waals surface area contributed by atoms with E-state index in [0.29, 0.717) is 10.8 Å². The lowest BCUT2D eigenvalue weighted by Gasteiger charge is -2.16. The second kappa shape index (κ2) is 7.34. The Morgan fingerprint density at radius 2 is 1.96 bits per heavy atom. The number of carbonyl (C=O) groups excluding carboxylic acids is 3. The lowest BCUT2D eigenvalue weighted by atomic mass is 10.1. The zero-order chi connectivity index (χ0) is 18.7. The number of rotatable bonds is 6. The van der Waals surface area contributed by atoms with Crippen LogP contribution in [0.3, 0.4) is 0 Å². The van der Waals surface area contributed by atoms with Crippen LogP contribution in [0.15, 0.2) is 29.1 Å². The first-order valence-electron chi connectivity index (χ1n) is 8.13. The van der Waals surface area contributed by atoms with Gasteiger partial charge in [-0.25, -0.2) is 9.89 Å². The van der Waals surface area contributed by atoms with Gasteiger partial charge in [0.05, 0.1) is 11.9 Å². The van der Waals surface area contributed by atoms with Crippen LogP contribution < -0.4 is 10.9 Å². The van der Waals surface area contributed by atoms with Crippen molar-refractivity contribution in [2.45, 2.75) is 18.9 Å². The maximum absolute atomic E-state index is 12.2. The number of amides is 2. The fraction of sp³-hybridized carbons (Fsp3) is 0.353. The molecule has 1 heterocycles. The van der Waals surface area contributed by atoms with Gasteiger partial charge in [-0.1, -0.05) is 18.2 Å². The number of esters is 1. The Kier molecular flexibility index (Phi) is 4.97. The molecule has 3 rings (SSSR count). The Balaban J connectivity index is 1.60. The highest BCUT2D eigenvalue weighted by atomic mass is 16.5. The summed E-state index contributed by atoms with van der Waals surface area (Å²) in [5, 5.41) is 9.36. The topological polar surface area (TPSA) is 121 Å². The van der Waals surface area contributed by atoms with E-state index in [2.05, 4.69) is 15.5 Å². The standard InChI is InChI=1S/C17H18N4O5/c1-21(8-13(22)18-10-6-7-10)14(23)9-26-17(25)15-11-4-2-3-5-12(11)16(24)20-19-15/h2-5,10H,6-9H2,1H3,(H,18,22)(H,20,24). The van der Waals surface area contributed by atoms with Crippen LogP contribution in [0.2, 0.25) is 0 Å². The molecule has 0 bridgehead atoms. The largest absolute Gasteiger partial charge is 0.451 e. The normalized spacial score (nSPS) is 13.3. The van der Waals surface area contributed by atoms with Crippen molar-refractivity contribution in [1.82, 2.24) is 20.4 Å². The third-order valence-corrected chi connectivity index (χ3v) is 3.97. The van der Waals surface area contributed by atoms with Gasteiger partial charge in [-0.15, -0.1) is 0 Å². The number of nitrogens with zero attached hydrogens (tertiary/aromatic N) is 2. The number of hydrogen-bond donors (Lipinski definition) is 2. The Hall–Kier alpha value is -3.23. The molecule has 0 radical (unpaired) electrons. The van der Waals surface area contributed by atoms with E-state index in [1.807, 2.05) is 0 Å². The molecule has 0 saturated heterocycles. The van der Waals surface area contributed by atoms with Crippen molar-refractivity contribution in [2.75, 3.05) is 20.2 Å². The van der Waals surface area contributed by atoms with Gasteiger partial charge in [0.2, 0.25) is 5.91 Å². The number of fused-ring (bicyclic) bond motifs is 1. The van der Waals surface area contributed by atoms with Crippen LogP contribution in [0.1, 0.15) is 23.3 Å². The fourth-order valence-electron chi connectivity index (χ4n) is 2.38. The van der Waals surface area contributed by atoms with Crippen molar-refractivity contribution in [3.8, 4) is 0 Å². The predicted molar refractivity (Wildman–Crippen MR) is 91.4 cm³/mol. The molecule has 1 aliphatic rings. The molecule has 2 N–H and O–H groups in total. The van der Waals surface area contributed by atoms with Gasteiger partial charge in [-0.05, 0) is 18.9 Å². The summed E-state index contributed by atoms with van der Waals surface area (Å²) in [6.07, 6.45) is 1.92. The average molecular weight is 358 g/mol. The Morgan fingerprint density at radius 3 is 2.65 bits per heavy atom. The lowest BCUT2D eigenvalue weighted by Crippen LogP contribution is -2.40. The number of carbonyl (C=O) groups is 3. The summed E-state index contributed by atoms with van der Waals surface area (Å²) in [5.74, 6) is -1.59. The third-order valence-electron chi connectivity index (χ3n) is 3.97. The number of ether oxygens (including phenoxy) is 1. The summed E-state index contributed by atoms with van der Waals surface area (Å²) in [6.45, 7) is -0.631. The zero-order valence-electron chi connectivity index (χ0n) is 14.2. The predicted octanol–water partition coefficient (Wildman–Crippen LogP) is -0.183. The molecule has 1 saturated carbocycles. The van der Waals surface area contributed by atoms with E-state index in [0.717, 1.165) is 12.8 Å². The Morgan fingerprint density at radius 1 is 1.27 bits per heavy atom. The van der Waals surface area contributed by atoms with Crippen LogP contribution in [-0.4, -0.2) is 59.1 Å². The minimum absolute atomic E-state index is 0.0814. The molecule has 1 aromatic heterocycles. The first-order chi connectivity index (χ1) is 12.5. The van der Waals surface area contributed by atoms with Crippen LogP contribution in [-0.2, 0) is 14.3 Å². The zero-order valence-corrected chi connectivity index (χ0v) is 14.2. The molecule has 9 heteroatoms. The molecule has 0 aliphatic heterocycles. The number of likely N-dealkylation sites (N-methyl/N-ethyl adjacent to an activating group) is 1. The molecular weight excluding hydrogens is 340 g/mol. The highest BCUT2D eigenvalue weighted by molar-refractivity contribution is 6.02. The summed E-state index contributed by atoms with van der Waals surface area (Å²) in [5.41, 5.74) is -0.503. The van der Waals surface area contributed by atoms with Crippen LogP contribution in [0, 0.1) is 0 Å². The Bertz CT molecular complexity index is 919. The number of nitrogens with one attached hydrogen (secondary N) is 2. The van der Waals surface area contributed by atoms with Crippen LogP contribution >= 0.6 is 0 Å². The van der Waals surface area contributed by atoms with Gasteiger partial charge in [-0.2, -0.15) is 5.10 Å². The summed E-state index contributed by atoms with van der Waals surface area (Å²) in [6, 6.07) is 6.67. The van der Waals surface area contributed by atoms with Crippen LogP contribution in [0.25, 0.3) is 10.8 Å². The molecule has 9 nitrogen and oxygen atoms in total. The highest BCUT2D eigenvalue weighted by Crippen LogP contribution is 2.18. The van der Waals surface area contributed by atoms with E-state index in [1.165, 1.54) is 11.9 Å². The second-order valence-electron chi connectivity index (χ2n) is 6.11. The number of benzene rings is 1. The molecule has 1 aliphatic carbocycles. The molecule has 0 atom stereocenters. The maximum Gasteiger partial charge on any atom is 0.359 e. The van der Waals surface area contributed by atoms with Crippen molar-refractivity contribution < 1.29 is 19.1 Å². The summed E-state index contributed by atoms with van der Waals surface area (Å²) in [4.78, 5) is 48.8. The van der Waals surface area contributed by atoms with Crippen molar-refractivity contribution in [3.63, 3.8) is 0 Å². The monoisotopic (exact) mass is 358 g/mol. The van der Waals surface area contributed by atoms with Gasteiger partial charge in [-0.3, -0.25) is 14.4 Å². The third kappa shape index (κ3) is 4.05. The van der Waals surface area contributed by atoms with E-state index >= 15 is 0 Å². The molecule has 0 unspecified atom stereocenters. The maximum atomic E-state index is 12.2. The molecule has 1 aromatic carbocycles.